The molecule has 0 bridgehead atoms. The van der Waals surface area contributed by atoms with E-state index in [4.69, 9.17) is 5.73 Å². The van der Waals surface area contributed by atoms with Crippen molar-refractivity contribution in [2.24, 2.45) is 5.73 Å². The van der Waals surface area contributed by atoms with E-state index < -0.39 is 0 Å². The lowest BCUT2D eigenvalue weighted by Gasteiger charge is -2.29. The van der Waals surface area contributed by atoms with Gasteiger partial charge in [0.25, 0.3) is 0 Å². The molecule has 4 nitrogen and oxygen atoms in total. The Labute approximate surface area is 104 Å². The molecule has 2 fully saturated rings. The minimum Gasteiger partial charge on any atom is -0.370 e. The van der Waals surface area contributed by atoms with E-state index in [0.717, 1.165) is 32.0 Å². The number of likely N-dealkylation sites (tertiary alicyclic amines) is 1. The quantitative estimate of drug-likeness (QED) is 0.722. The maximum atomic E-state index is 11.3. The highest BCUT2D eigenvalue weighted by atomic mass is 16.1. The highest BCUT2D eigenvalue weighted by molar-refractivity contribution is 5.75. The van der Waals surface area contributed by atoms with E-state index in [-0.39, 0.29) is 11.4 Å². The molecule has 1 aliphatic carbocycles. The standard InChI is InChI=1S/C13H25N3O/c1-3-6-15-13(8-12(14)17)7-10(2)16(9-13)11-4-5-11/h10-11,15H,3-9H2,1-2H3,(H2,14,17). The Hall–Kier alpha value is -0.610. The van der Waals surface area contributed by atoms with Crippen molar-refractivity contribution < 1.29 is 4.79 Å². The van der Waals surface area contributed by atoms with Crippen molar-refractivity contribution >= 4 is 5.91 Å². The van der Waals surface area contributed by atoms with Crippen LogP contribution in [0, 0.1) is 0 Å². The minimum atomic E-state index is -0.182. The third-order valence-corrected chi connectivity index (χ3v) is 4.02. The Bertz CT molecular complexity index is 290. The zero-order chi connectivity index (χ0) is 12.5. The predicted molar refractivity (Wildman–Crippen MR) is 68.6 cm³/mol. The van der Waals surface area contributed by atoms with Gasteiger partial charge in [-0.15, -0.1) is 0 Å². The van der Waals surface area contributed by atoms with Gasteiger partial charge in [0.05, 0.1) is 0 Å². The minimum absolute atomic E-state index is 0.0656. The van der Waals surface area contributed by atoms with Gasteiger partial charge in [0.2, 0.25) is 5.91 Å². The van der Waals surface area contributed by atoms with Crippen molar-refractivity contribution in [1.82, 2.24) is 10.2 Å². The molecule has 0 radical (unpaired) electrons. The average molecular weight is 239 g/mol. The molecule has 1 saturated carbocycles. The van der Waals surface area contributed by atoms with Gasteiger partial charge >= 0.3 is 0 Å². The van der Waals surface area contributed by atoms with E-state index in [1.807, 2.05) is 0 Å². The van der Waals surface area contributed by atoms with Crippen LogP contribution in [0.3, 0.4) is 0 Å². The van der Waals surface area contributed by atoms with Gasteiger partial charge in [-0.1, -0.05) is 6.92 Å². The van der Waals surface area contributed by atoms with Gasteiger partial charge in [0.1, 0.15) is 0 Å². The molecule has 1 saturated heterocycles. The largest absolute Gasteiger partial charge is 0.370 e. The van der Waals surface area contributed by atoms with E-state index in [9.17, 15) is 4.79 Å². The average Bonchev–Trinajstić information content (AvgIpc) is 3.02. The molecule has 4 heteroatoms. The maximum absolute atomic E-state index is 11.3. The highest BCUT2D eigenvalue weighted by Crippen LogP contribution is 2.38. The van der Waals surface area contributed by atoms with Gasteiger partial charge in [0, 0.05) is 30.6 Å². The van der Waals surface area contributed by atoms with Gasteiger partial charge in [-0.05, 0) is 39.2 Å². The number of hydrogen-bond donors (Lipinski definition) is 2. The molecule has 0 aromatic carbocycles. The normalized spacial score (nSPS) is 34.1. The number of rotatable bonds is 6. The van der Waals surface area contributed by atoms with Gasteiger partial charge in [0.15, 0.2) is 0 Å². The van der Waals surface area contributed by atoms with Crippen molar-refractivity contribution in [3.05, 3.63) is 0 Å². The Morgan fingerprint density at radius 2 is 2.24 bits per heavy atom. The van der Waals surface area contributed by atoms with Gasteiger partial charge in [-0.25, -0.2) is 0 Å². The second kappa shape index (κ2) is 4.94. The number of nitrogens with one attached hydrogen (secondary N) is 1. The maximum Gasteiger partial charge on any atom is 0.219 e. The summed E-state index contributed by atoms with van der Waals surface area (Å²) in [6.45, 7) is 6.39. The fourth-order valence-electron chi connectivity index (χ4n) is 3.19. The summed E-state index contributed by atoms with van der Waals surface area (Å²) in [5.41, 5.74) is 5.35. The molecule has 0 spiro atoms. The summed E-state index contributed by atoms with van der Waals surface area (Å²) in [5.74, 6) is -0.182. The summed E-state index contributed by atoms with van der Waals surface area (Å²) in [7, 11) is 0. The Balaban J connectivity index is 2.02. The Kier molecular flexibility index (Phi) is 3.73. The van der Waals surface area contributed by atoms with Crippen LogP contribution in [-0.4, -0.2) is 41.5 Å². The second-order valence-electron chi connectivity index (χ2n) is 5.81. The van der Waals surface area contributed by atoms with Crippen LogP contribution in [0.15, 0.2) is 0 Å². The number of carbonyl (C=O) groups excluding carboxylic acids is 1. The molecule has 2 unspecified atom stereocenters. The summed E-state index contributed by atoms with van der Waals surface area (Å²) < 4.78 is 0. The van der Waals surface area contributed by atoms with Crippen molar-refractivity contribution in [2.45, 2.75) is 63.6 Å². The Morgan fingerprint density at radius 1 is 1.53 bits per heavy atom. The third-order valence-electron chi connectivity index (χ3n) is 4.02. The first-order chi connectivity index (χ1) is 8.06. The number of nitrogens with two attached hydrogens (primary N) is 1. The molecule has 17 heavy (non-hydrogen) atoms. The number of primary amides is 1. The van der Waals surface area contributed by atoms with Crippen LogP contribution in [0.25, 0.3) is 0 Å². The van der Waals surface area contributed by atoms with E-state index in [1.54, 1.807) is 0 Å². The lowest BCUT2D eigenvalue weighted by atomic mass is 9.91. The molecular weight excluding hydrogens is 214 g/mol. The number of nitrogens with zero attached hydrogens (tertiary/aromatic N) is 1. The fourth-order valence-corrected chi connectivity index (χ4v) is 3.19. The van der Waals surface area contributed by atoms with Gasteiger partial charge in [-0.3, -0.25) is 9.69 Å². The molecule has 98 valence electrons. The third kappa shape index (κ3) is 2.99. The van der Waals surface area contributed by atoms with E-state index in [2.05, 4.69) is 24.1 Å². The molecule has 3 N–H and O–H groups in total. The smallest absolute Gasteiger partial charge is 0.219 e. The molecule has 1 amide bonds. The zero-order valence-electron chi connectivity index (χ0n) is 11.0. The number of carbonyl (C=O) groups is 1. The van der Waals surface area contributed by atoms with Crippen LogP contribution in [0.2, 0.25) is 0 Å². The Morgan fingerprint density at radius 3 is 2.76 bits per heavy atom. The van der Waals surface area contributed by atoms with Crippen molar-refractivity contribution in [1.29, 1.82) is 0 Å². The lowest BCUT2D eigenvalue weighted by Crippen LogP contribution is -2.50. The first kappa shape index (κ1) is 12.8. The predicted octanol–water partition coefficient (Wildman–Crippen LogP) is 0.857. The molecule has 0 aromatic rings. The molecule has 0 aromatic heterocycles. The van der Waals surface area contributed by atoms with Crippen LogP contribution < -0.4 is 11.1 Å². The molecular formula is C13H25N3O. The van der Waals surface area contributed by atoms with Crippen molar-refractivity contribution in [3.63, 3.8) is 0 Å². The topological polar surface area (TPSA) is 58.4 Å². The molecule has 2 aliphatic rings. The van der Waals surface area contributed by atoms with Crippen LogP contribution in [0.1, 0.15) is 46.0 Å². The molecule has 2 atom stereocenters. The summed E-state index contributed by atoms with van der Waals surface area (Å²) in [6.07, 6.45) is 5.26. The van der Waals surface area contributed by atoms with Crippen LogP contribution in [0.5, 0.6) is 0 Å². The molecule has 1 aliphatic heterocycles. The first-order valence-corrected chi connectivity index (χ1v) is 6.85. The SMILES string of the molecule is CCCNC1(CC(N)=O)CC(C)N(C2CC2)C1. The first-order valence-electron chi connectivity index (χ1n) is 6.85. The monoisotopic (exact) mass is 239 g/mol. The molecule has 1 heterocycles. The van der Waals surface area contributed by atoms with Crippen molar-refractivity contribution in [3.8, 4) is 0 Å². The van der Waals surface area contributed by atoms with E-state index in [0.29, 0.717) is 12.5 Å². The molecule has 2 rings (SSSR count). The number of hydrogen-bond acceptors (Lipinski definition) is 3. The second-order valence-corrected chi connectivity index (χ2v) is 5.81. The number of amides is 1. The summed E-state index contributed by atoms with van der Waals surface area (Å²) >= 11 is 0. The van der Waals surface area contributed by atoms with Gasteiger partial charge < -0.3 is 11.1 Å². The zero-order valence-corrected chi connectivity index (χ0v) is 11.0. The van der Waals surface area contributed by atoms with Crippen molar-refractivity contribution in [2.75, 3.05) is 13.1 Å². The summed E-state index contributed by atoms with van der Waals surface area (Å²) in [5, 5.41) is 3.58. The highest BCUT2D eigenvalue weighted by Gasteiger charge is 2.47. The van der Waals surface area contributed by atoms with Crippen LogP contribution >= 0.6 is 0 Å². The fraction of sp³-hybridized carbons (Fsp3) is 0.923. The van der Waals surface area contributed by atoms with Crippen LogP contribution in [0.4, 0.5) is 0 Å². The lowest BCUT2D eigenvalue weighted by molar-refractivity contribution is -0.119. The van der Waals surface area contributed by atoms with E-state index >= 15 is 0 Å². The van der Waals surface area contributed by atoms with E-state index in [1.165, 1.54) is 12.8 Å². The van der Waals surface area contributed by atoms with Gasteiger partial charge in [-0.2, -0.15) is 0 Å². The van der Waals surface area contributed by atoms with Crippen LogP contribution in [-0.2, 0) is 4.79 Å². The summed E-state index contributed by atoms with van der Waals surface area (Å²) in [6, 6.07) is 1.34. The summed E-state index contributed by atoms with van der Waals surface area (Å²) in [4.78, 5) is 13.8.